The van der Waals surface area contributed by atoms with Gasteiger partial charge in [0.2, 0.25) is 5.91 Å². The Morgan fingerprint density at radius 2 is 2.00 bits per heavy atom. The molecule has 4 rings (SSSR count). The van der Waals surface area contributed by atoms with Crippen LogP contribution in [0.3, 0.4) is 0 Å². The van der Waals surface area contributed by atoms with Gasteiger partial charge in [0.15, 0.2) is 11.2 Å². The zero-order valence-corrected chi connectivity index (χ0v) is 14.1. The number of carbonyl (C=O) groups is 1. The van der Waals surface area contributed by atoms with Crippen LogP contribution in [0.25, 0.3) is 11.1 Å². The van der Waals surface area contributed by atoms with Crippen LogP contribution < -0.4 is 11.1 Å². The van der Waals surface area contributed by atoms with Crippen molar-refractivity contribution in [1.29, 1.82) is 0 Å². The molecule has 1 aromatic carbocycles. The predicted molar refractivity (Wildman–Crippen MR) is 93.9 cm³/mol. The van der Waals surface area contributed by atoms with Crippen LogP contribution in [-0.2, 0) is 16.9 Å². The number of carbonyl (C=O) groups excluding carboxylic acids is 1. The monoisotopic (exact) mass is 368 g/mol. The number of oxazole rings is 1. The van der Waals surface area contributed by atoms with Crippen LogP contribution in [-0.4, -0.2) is 22.1 Å². The van der Waals surface area contributed by atoms with Crippen molar-refractivity contribution in [2.45, 2.75) is 12.1 Å². The highest BCUT2D eigenvalue weighted by molar-refractivity contribution is 5.79. The highest BCUT2D eigenvalue weighted by Crippen LogP contribution is 2.29. The normalized spacial score (nSPS) is 13.5. The summed E-state index contributed by atoms with van der Waals surface area (Å²) in [4.78, 5) is 24.4. The number of furan rings is 2. The third kappa shape index (κ3) is 3.06. The lowest BCUT2D eigenvalue weighted by Crippen LogP contribution is -2.42. The second kappa shape index (κ2) is 6.65. The van der Waals surface area contributed by atoms with Crippen molar-refractivity contribution in [3.8, 4) is 0 Å². The summed E-state index contributed by atoms with van der Waals surface area (Å²) in [7, 11) is 0. The van der Waals surface area contributed by atoms with E-state index in [9.17, 15) is 14.7 Å². The molecule has 27 heavy (non-hydrogen) atoms. The summed E-state index contributed by atoms with van der Waals surface area (Å²) < 4.78 is 16.7. The zero-order valence-electron chi connectivity index (χ0n) is 14.1. The van der Waals surface area contributed by atoms with Gasteiger partial charge in [0.25, 0.3) is 0 Å². The molecule has 0 aliphatic rings. The van der Waals surface area contributed by atoms with E-state index in [2.05, 4.69) is 5.32 Å². The number of hydrogen-bond donors (Lipinski definition) is 2. The van der Waals surface area contributed by atoms with Gasteiger partial charge in [-0.25, -0.2) is 4.79 Å². The number of aromatic nitrogens is 1. The molecule has 0 radical (unpaired) electrons. The first kappa shape index (κ1) is 16.9. The van der Waals surface area contributed by atoms with Crippen molar-refractivity contribution in [1.82, 2.24) is 9.88 Å². The first-order chi connectivity index (χ1) is 13.1. The molecule has 2 N–H and O–H groups in total. The minimum absolute atomic E-state index is 0.163. The van der Waals surface area contributed by atoms with Crippen molar-refractivity contribution >= 4 is 17.0 Å². The van der Waals surface area contributed by atoms with E-state index in [1.165, 1.54) is 23.4 Å². The zero-order chi connectivity index (χ0) is 18.9. The minimum atomic E-state index is -1.60. The average Bonchev–Trinajstić information content (AvgIpc) is 3.42. The molecule has 0 spiro atoms. The van der Waals surface area contributed by atoms with Gasteiger partial charge in [0.05, 0.1) is 30.9 Å². The van der Waals surface area contributed by atoms with Crippen molar-refractivity contribution < 1.29 is 23.2 Å². The first-order valence-electron chi connectivity index (χ1n) is 8.22. The van der Waals surface area contributed by atoms with E-state index < -0.39 is 17.3 Å². The van der Waals surface area contributed by atoms with Gasteiger partial charge in [-0.3, -0.25) is 9.36 Å². The van der Waals surface area contributed by atoms with E-state index in [1.807, 2.05) is 0 Å². The number of nitrogens with one attached hydrogen (secondary N) is 1. The van der Waals surface area contributed by atoms with Gasteiger partial charge in [-0.15, -0.1) is 0 Å². The molecule has 3 aromatic heterocycles. The van der Waals surface area contributed by atoms with Crippen LogP contribution in [0, 0.1) is 0 Å². The molecule has 1 atom stereocenters. The number of aliphatic hydroxyl groups is 1. The lowest BCUT2D eigenvalue weighted by molar-refractivity contribution is -0.122. The Labute approximate surface area is 152 Å². The van der Waals surface area contributed by atoms with Crippen LogP contribution in [0.15, 0.2) is 79.3 Å². The molecule has 0 bridgehead atoms. The maximum absolute atomic E-state index is 12.4. The molecule has 8 heteroatoms. The van der Waals surface area contributed by atoms with Crippen LogP contribution in [0.2, 0.25) is 0 Å². The van der Waals surface area contributed by atoms with Gasteiger partial charge >= 0.3 is 5.76 Å². The molecular weight excluding hydrogens is 352 g/mol. The second-order valence-corrected chi connectivity index (χ2v) is 6.05. The summed E-state index contributed by atoms with van der Waals surface area (Å²) in [5.41, 5.74) is -0.242. The van der Waals surface area contributed by atoms with Gasteiger partial charge < -0.3 is 23.7 Å². The minimum Gasteiger partial charge on any atom is -0.472 e. The number of hydrogen-bond acceptors (Lipinski definition) is 6. The van der Waals surface area contributed by atoms with Crippen LogP contribution in [0.4, 0.5) is 0 Å². The molecule has 0 fully saturated rings. The summed E-state index contributed by atoms with van der Waals surface area (Å²) in [6, 6.07) is 11.7. The molecular formula is C19H16N2O6. The number of rotatable bonds is 6. The highest BCUT2D eigenvalue weighted by Gasteiger charge is 2.36. The molecule has 4 aromatic rings. The summed E-state index contributed by atoms with van der Waals surface area (Å²) in [6.45, 7) is -0.404. The molecule has 138 valence electrons. The lowest BCUT2D eigenvalue weighted by atomic mass is 9.93. The van der Waals surface area contributed by atoms with Gasteiger partial charge in [-0.1, -0.05) is 12.1 Å². The Balaban J connectivity index is 1.54. The highest BCUT2D eigenvalue weighted by atomic mass is 16.4. The standard InChI is InChI=1S/C19H16N2O6/c22-17(10-21-14-4-1-2-5-15(14)27-18(21)23)20-12-19(24,13-7-9-25-11-13)16-6-3-8-26-16/h1-9,11,24H,10,12H2,(H,20,22)/t19-/m0/s1. The van der Waals surface area contributed by atoms with Gasteiger partial charge in [-0.05, 0) is 30.3 Å². The van der Waals surface area contributed by atoms with E-state index in [0.717, 1.165) is 0 Å². The van der Waals surface area contributed by atoms with E-state index in [1.54, 1.807) is 42.5 Å². The van der Waals surface area contributed by atoms with E-state index in [4.69, 9.17) is 13.3 Å². The Kier molecular flexibility index (Phi) is 4.17. The topological polar surface area (TPSA) is 111 Å². The Bertz CT molecular complexity index is 1070. The molecule has 0 aliphatic carbocycles. The van der Waals surface area contributed by atoms with Crippen molar-refractivity contribution in [2.75, 3.05) is 6.54 Å². The van der Waals surface area contributed by atoms with Crippen LogP contribution >= 0.6 is 0 Å². The molecule has 0 saturated carbocycles. The molecule has 0 saturated heterocycles. The van der Waals surface area contributed by atoms with Crippen molar-refractivity contribution in [3.05, 3.63) is 83.1 Å². The molecule has 8 nitrogen and oxygen atoms in total. The van der Waals surface area contributed by atoms with Crippen LogP contribution in [0.5, 0.6) is 0 Å². The first-order valence-corrected chi connectivity index (χ1v) is 8.22. The summed E-state index contributed by atoms with van der Waals surface area (Å²) in [5, 5.41) is 13.7. The fraction of sp³-hybridized carbons (Fsp3) is 0.158. The molecule has 3 heterocycles. The second-order valence-electron chi connectivity index (χ2n) is 6.05. The third-order valence-electron chi connectivity index (χ3n) is 4.34. The number of nitrogens with zero attached hydrogens (tertiary/aromatic N) is 1. The molecule has 1 amide bonds. The quantitative estimate of drug-likeness (QED) is 0.537. The lowest BCUT2D eigenvalue weighted by Gasteiger charge is -2.25. The number of benzene rings is 1. The Hall–Kier alpha value is -3.52. The maximum atomic E-state index is 12.4. The third-order valence-corrected chi connectivity index (χ3v) is 4.34. The molecule has 0 unspecified atom stereocenters. The van der Waals surface area contributed by atoms with E-state index in [-0.39, 0.29) is 18.8 Å². The van der Waals surface area contributed by atoms with Gasteiger partial charge in [0, 0.05) is 5.56 Å². The predicted octanol–water partition coefficient (Wildman–Crippen LogP) is 1.83. The number of fused-ring (bicyclic) bond motifs is 1. The largest absolute Gasteiger partial charge is 0.472 e. The summed E-state index contributed by atoms with van der Waals surface area (Å²) in [5.74, 6) is -0.824. The maximum Gasteiger partial charge on any atom is 0.420 e. The fourth-order valence-corrected chi connectivity index (χ4v) is 2.93. The number of amides is 1. The van der Waals surface area contributed by atoms with Gasteiger partial charge in [-0.2, -0.15) is 0 Å². The number of para-hydroxylation sites is 2. The smallest absolute Gasteiger partial charge is 0.420 e. The Morgan fingerprint density at radius 3 is 2.74 bits per heavy atom. The van der Waals surface area contributed by atoms with Gasteiger partial charge in [0.1, 0.15) is 12.3 Å². The van der Waals surface area contributed by atoms with Crippen LogP contribution in [0.1, 0.15) is 11.3 Å². The average molecular weight is 368 g/mol. The molecule has 0 aliphatic heterocycles. The van der Waals surface area contributed by atoms with E-state index >= 15 is 0 Å². The van der Waals surface area contributed by atoms with Crippen molar-refractivity contribution in [3.63, 3.8) is 0 Å². The fourth-order valence-electron chi connectivity index (χ4n) is 2.93. The van der Waals surface area contributed by atoms with E-state index in [0.29, 0.717) is 16.7 Å². The summed E-state index contributed by atoms with van der Waals surface area (Å²) in [6.07, 6.45) is 4.23. The SMILES string of the molecule is O=C(Cn1c(=O)oc2ccccc21)NC[C@](O)(c1ccoc1)c1ccco1. The summed E-state index contributed by atoms with van der Waals surface area (Å²) >= 11 is 0. The Morgan fingerprint density at radius 1 is 1.15 bits per heavy atom. The van der Waals surface area contributed by atoms with Crippen molar-refractivity contribution in [2.24, 2.45) is 0 Å².